The van der Waals surface area contributed by atoms with Gasteiger partial charge in [0.05, 0.1) is 10.8 Å². The molecule has 5 rings (SSSR count). The summed E-state index contributed by atoms with van der Waals surface area (Å²) < 4.78 is 30.3. The van der Waals surface area contributed by atoms with Crippen molar-refractivity contribution in [1.29, 1.82) is 0 Å². The van der Waals surface area contributed by atoms with Crippen LogP contribution in [0.5, 0.6) is 0 Å². The Morgan fingerprint density at radius 3 is 2.31 bits per heavy atom. The van der Waals surface area contributed by atoms with E-state index in [4.69, 9.17) is 37.2 Å². The number of pyridine rings is 1. The quantitative estimate of drug-likeness (QED) is 0.145. The van der Waals surface area contributed by atoms with E-state index in [0.29, 0.717) is 0 Å². The molecule has 0 N–H and O–H groups in total. The van der Waals surface area contributed by atoms with Gasteiger partial charge in [0.1, 0.15) is 0 Å². The maximum Gasteiger partial charge on any atom is 0.0695 e. The number of hydrogen-bond donors (Lipinski definition) is 0. The fraction of sp³-hybridized carbons (Fsp3) is 0.281. The zero-order chi connectivity index (χ0) is 30.1. The first-order chi connectivity index (χ1) is 20.3. The van der Waals surface area contributed by atoms with E-state index in [9.17, 15) is 0 Å². The molecule has 2 heterocycles. The van der Waals surface area contributed by atoms with E-state index in [1.165, 1.54) is 49.6 Å². The van der Waals surface area contributed by atoms with Gasteiger partial charge in [-0.15, -0.1) is 0 Å². The summed E-state index contributed by atoms with van der Waals surface area (Å²) >= 11 is 12.7. The van der Waals surface area contributed by atoms with Crippen molar-refractivity contribution in [2.24, 2.45) is 0 Å². The monoisotopic (exact) mass is 693 g/mol. The summed E-state index contributed by atoms with van der Waals surface area (Å²) in [6, 6.07) is 25.5. The molecule has 0 aliphatic carbocycles. The Hall–Kier alpha value is -2.16. The molecule has 0 atom stereocenters. The first-order valence-corrected chi connectivity index (χ1v) is 17.3. The number of anilines is 1. The molecule has 0 radical (unpaired) electrons. The maximum absolute atomic E-state index is 8.41. The predicted octanol–water partition coefficient (Wildman–Crippen LogP) is 3.19. The molecule has 1 aromatic heterocycles. The van der Waals surface area contributed by atoms with Crippen LogP contribution in [0.2, 0.25) is 10.0 Å². The SMILES string of the molecule is CCN(CC)CCCCN1/C(=C/c2cc[n+](Cc3ccc(Cl)cc3)c3ccccc23)[Se]c2cc(Cl)ccc21.[O-][Cl+2]([O-])[O-]. The summed E-state index contributed by atoms with van der Waals surface area (Å²) in [4.78, 5) is 5.05. The Kier molecular flexibility index (Phi) is 12.5. The largest absolute Gasteiger partial charge is 0.357 e. The molecule has 0 saturated carbocycles. The molecule has 222 valence electrons. The van der Waals surface area contributed by atoms with Crippen molar-refractivity contribution >= 4 is 65.3 Å². The Bertz CT molecular complexity index is 1500. The van der Waals surface area contributed by atoms with E-state index >= 15 is 0 Å². The van der Waals surface area contributed by atoms with Gasteiger partial charge >= 0.3 is 244 Å². The van der Waals surface area contributed by atoms with Gasteiger partial charge in [0.25, 0.3) is 0 Å². The van der Waals surface area contributed by atoms with Crippen molar-refractivity contribution in [3.05, 3.63) is 105 Å². The molecule has 1 aliphatic heterocycles. The number of unbranched alkanes of at least 4 members (excludes halogenated alkanes) is 1. The van der Waals surface area contributed by atoms with Crippen molar-refractivity contribution < 1.29 is 29.3 Å². The second kappa shape index (κ2) is 16.1. The van der Waals surface area contributed by atoms with Crippen LogP contribution in [0.3, 0.4) is 0 Å². The number of benzene rings is 3. The topological polar surface area (TPSA) is 79.5 Å². The van der Waals surface area contributed by atoms with Crippen LogP contribution in [-0.2, 0) is 6.54 Å². The number of hydrogen-bond acceptors (Lipinski definition) is 5. The fourth-order valence-electron chi connectivity index (χ4n) is 5.05. The number of aromatic nitrogens is 1. The molecule has 1 aliphatic rings. The van der Waals surface area contributed by atoms with E-state index < -0.39 is 10.8 Å². The second-order valence-corrected chi connectivity index (χ2v) is 13.3. The minimum atomic E-state index is -2.85. The molecule has 0 amide bonds. The number of para-hydroxylation sites is 1. The van der Waals surface area contributed by atoms with Crippen LogP contribution < -0.4 is 27.9 Å². The van der Waals surface area contributed by atoms with E-state index in [0.717, 1.165) is 42.8 Å². The van der Waals surface area contributed by atoms with Gasteiger partial charge in [-0.1, -0.05) is 0 Å². The summed E-state index contributed by atoms with van der Waals surface area (Å²) in [5.74, 6) is 0. The molecule has 10 heteroatoms. The van der Waals surface area contributed by atoms with Crippen LogP contribution in [0.4, 0.5) is 5.69 Å². The fourth-order valence-corrected chi connectivity index (χ4v) is 7.97. The molecular formula is C32H34Cl3N3O3Se. The molecule has 0 bridgehead atoms. The van der Waals surface area contributed by atoms with Gasteiger partial charge < -0.3 is 14.0 Å². The molecule has 0 saturated heterocycles. The minimum absolute atomic E-state index is 0.218. The van der Waals surface area contributed by atoms with Gasteiger partial charge in [-0.3, -0.25) is 0 Å². The van der Waals surface area contributed by atoms with Gasteiger partial charge in [-0.25, -0.2) is 0 Å². The van der Waals surface area contributed by atoms with Gasteiger partial charge in [0.15, 0.2) is 0 Å². The van der Waals surface area contributed by atoms with E-state index in [2.05, 4.69) is 95.1 Å². The zero-order valence-electron chi connectivity index (χ0n) is 23.6. The van der Waals surface area contributed by atoms with Gasteiger partial charge in [-0.2, -0.15) is 0 Å². The molecule has 42 heavy (non-hydrogen) atoms. The Balaban J connectivity index is 0.000000952. The summed E-state index contributed by atoms with van der Waals surface area (Å²) in [6.45, 7) is 9.73. The van der Waals surface area contributed by atoms with Crippen molar-refractivity contribution in [3.63, 3.8) is 0 Å². The van der Waals surface area contributed by atoms with Crippen molar-refractivity contribution in [3.8, 4) is 0 Å². The van der Waals surface area contributed by atoms with Crippen LogP contribution in [0, 0.1) is 10.8 Å². The normalized spacial score (nSPS) is 13.6. The van der Waals surface area contributed by atoms with Crippen LogP contribution in [0.25, 0.3) is 17.0 Å². The summed E-state index contributed by atoms with van der Waals surface area (Å²) in [6.07, 6.45) is 7.00. The molecule has 0 spiro atoms. The zero-order valence-corrected chi connectivity index (χ0v) is 27.6. The van der Waals surface area contributed by atoms with E-state index in [1.54, 1.807) is 0 Å². The maximum atomic E-state index is 8.41. The average molecular weight is 694 g/mol. The predicted molar refractivity (Wildman–Crippen MR) is 164 cm³/mol. The Labute approximate surface area is 267 Å². The third-order valence-electron chi connectivity index (χ3n) is 7.20. The van der Waals surface area contributed by atoms with Gasteiger partial charge in [0.2, 0.25) is 0 Å². The summed E-state index contributed by atoms with van der Waals surface area (Å²) in [7, 11) is -2.85. The van der Waals surface area contributed by atoms with Gasteiger partial charge in [0, 0.05) is 0 Å². The molecule has 6 nitrogen and oxygen atoms in total. The number of rotatable bonds is 10. The first-order valence-electron chi connectivity index (χ1n) is 13.9. The van der Waals surface area contributed by atoms with Gasteiger partial charge in [-0.05, 0) is 0 Å². The molecule has 0 fully saturated rings. The minimum Gasteiger partial charge on any atom is -0.357 e. The first kappa shape index (κ1) is 32.7. The van der Waals surface area contributed by atoms with Crippen LogP contribution in [-0.4, -0.2) is 46.0 Å². The van der Waals surface area contributed by atoms with Crippen LogP contribution in [0.15, 0.2) is 83.6 Å². The Morgan fingerprint density at radius 1 is 0.905 bits per heavy atom. The van der Waals surface area contributed by atoms with E-state index in [1.807, 2.05) is 18.2 Å². The summed E-state index contributed by atoms with van der Waals surface area (Å²) in [5.41, 5.74) is 5.05. The van der Waals surface area contributed by atoms with Crippen molar-refractivity contribution in [2.45, 2.75) is 33.2 Å². The second-order valence-electron chi connectivity index (χ2n) is 9.81. The molecular weight excluding hydrogens is 660 g/mol. The smallest absolute Gasteiger partial charge is 0.0695 e. The Morgan fingerprint density at radius 2 is 1.60 bits per heavy atom. The number of fused-ring (bicyclic) bond motifs is 2. The van der Waals surface area contributed by atoms with Crippen molar-refractivity contribution in [1.82, 2.24) is 4.90 Å². The third-order valence-corrected chi connectivity index (χ3v) is 9.98. The average Bonchev–Trinajstić information content (AvgIpc) is 3.31. The molecule has 4 aromatic rings. The standard InChI is InChI=1S/C32H34Cl2N3Se.ClO3/c1-3-35(4-2)18-7-8-19-37-30-16-15-27(34)22-31(30)38-32(37)21-25-17-20-36(29-10-6-5-9-28(25)29)23-24-11-13-26(33)14-12-24;2-1(3)4/h5-6,9-17,20-22H,3-4,7-8,18-19,23H2,1-2H3;/q+1;-1. The third kappa shape index (κ3) is 8.93. The molecule has 0 unspecified atom stereocenters. The van der Waals surface area contributed by atoms with Crippen LogP contribution in [0.1, 0.15) is 37.8 Å². The van der Waals surface area contributed by atoms with Crippen LogP contribution >= 0.6 is 23.2 Å². The summed E-state index contributed by atoms with van der Waals surface area (Å²) in [5, 5.41) is 2.86. The van der Waals surface area contributed by atoms with Crippen molar-refractivity contribution in [2.75, 3.05) is 31.1 Å². The number of halogens is 3. The number of nitrogens with zero attached hydrogens (tertiary/aromatic N) is 3. The molecule has 3 aromatic carbocycles. The van der Waals surface area contributed by atoms with E-state index in [-0.39, 0.29) is 15.0 Å².